The van der Waals surface area contributed by atoms with Gasteiger partial charge in [-0.3, -0.25) is 9.36 Å². The van der Waals surface area contributed by atoms with Crippen LogP contribution in [0.3, 0.4) is 0 Å². The van der Waals surface area contributed by atoms with Crippen molar-refractivity contribution in [3.05, 3.63) is 88.4 Å². The van der Waals surface area contributed by atoms with Gasteiger partial charge in [-0.05, 0) is 42.8 Å². The lowest BCUT2D eigenvalue weighted by molar-refractivity contribution is -0.200. The number of aromatic nitrogens is 1. The third-order valence-electron chi connectivity index (χ3n) is 5.31. The molecule has 2 aromatic heterocycles. The summed E-state index contributed by atoms with van der Waals surface area (Å²) >= 11 is 0.862. The molecule has 0 amide bonds. The van der Waals surface area contributed by atoms with Crippen LogP contribution in [-0.2, 0) is 27.5 Å². The summed E-state index contributed by atoms with van der Waals surface area (Å²) in [5, 5.41) is 9.83. The number of thiophene rings is 1. The lowest BCUT2D eigenvalue weighted by Crippen LogP contribution is -2.42. The number of fused-ring (bicyclic) bond motifs is 1. The first-order chi connectivity index (χ1) is 16.9. The fourth-order valence-electron chi connectivity index (χ4n) is 3.57. The Labute approximate surface area is 209 Å². The van der Waals surface area contributed by atoms with Crippen LogP contribution in [0.25, 0.3) is 10.9 Å². The second-order valence-electron chi connectivity index (χ2n) is 7.96. The Morgan fingerprint density at radius 3 is 2.44 bits per heavy atom. The van der Waals surface area contributed by atoms with Crippen LogP contribution in [0, 0.1) is 18.8 Å². The number of carboxylic acid groups (broad SMARTS) is 1. The highest BCUT2D eigenvalue weighted by Gasteiger charge is 2.34. The maximum absolute atomic E-state index is 13.4. The summed E-state index contributed by atoms with van der Waals surface area (Å²) in [5.74, 6) is 4.29. The van der Waals surface area contributed by atoms with Crippen molar-refractivity contribution in [2.75, 3.05) is 0 Å². The number of nitrogens with zero attached hydrogens (tertiary/aromatic N) is 1. The largest absolute Gasteiger partial charge is 0.488 e. The number of carboxylic acids is 1. The van der Waals surface area contributed by atoms with Gasteiger partial charge in [0.05, 0.1) is 10.4 Å². The Bertz CT molecular complexity index is 1590. The van der Waals surface area contributed by atoms with Gasteiger partial charge >= 0.3 is 12.3 Å². The average Bonchev–Trinajstić information content (AvgIpc) is 3.44. The van der Waals surface area contributed by atoms with E-state index < -0.39 is 34.8 Å². The molecular formula is C25H19F3N2O4S2. The molecular weight excluding hydrogens is 513 g/mol. The van der Waals surface area contributed by atoms with Crippen LogP contribution in [0.1, 0.15) is 21.6 Å². The van der Waals surface area contributed by atoms with Gasteiger partial charge in [0.15, 0.2) is 0 Å². The third kappa shape index (κ3) is 5.62. The number of halogens is 3. The van der Waals surface area contributed by atoms with Crippen LogP contribution in [0.15, 0.2) is 71.1 Å². The molecule has 2 N–H and O–H groups in total. The molecule has 186 valence electrons. The Hall–Kier alpha value is -3.59. The summed E-state index contributed by atoms with van der Waals surface area (Å²) in [5.41, 5.74) is 1.73. The topological polar surface area (TPSA) is 88.4 Å². The van der Waals surface area contributed by atoms with Gasteiger partial charge in [-0.2, -0.15) is 4.72 Å². The predicted octanol–water partition coefficient (Wildman–Crippen LogP) is 4.86. The van der Waals surface area contributed by atoms with Crippen LogP contribution in [0.4, 0.5) is 13.2 Å². The smallest absolute Gasteiger partial charge is 0.480 e. The Balaban J connectivity index is 1.57. The molecule has 1 atom stereocenters. The van der Waals surface area contributed by atoms with Gasteiger partial charge in [0, 0.05) is 23.6 Å². The predicted molar refractivity (Wildman–Crippen MR) is 130 cm³/mol. The summed E-state index contributed by atoms with van der Waals surface area (Å²) in [6.45, 7) is 1.94. The zero-order chi connectivity index (χ0) is 26.1. The van der Waals surface area contributed by atoms with Gasteiger partial charge in [-0.25, -0.2) is 8.42 Å². The van der Waals surface area contributed by atoms with E-state index in [2.05, 4.69) is 16.6 Å². The van der Waals surface area contributed by atoms with Crippen LogP contribution in [0.2, 0.25) is 0 Å². The highest BCUT2D eigenvalue weighted by Crippen LogP contribution is 2.32. The minimum Gasteiger partial charge on any atom is -0.480 e. The second-order valence-corrected chi connectivity index (χ2v) is 11.0. The van der Waals surface area contributed by atoms with Gasteiger partial charge in [0.1, 0.15) is 10.3 Å². The van der Waals surface area contributed by atoms with E-state index >= 15 is 0 Å². The van der Waals surface area contributed by atoms with Gasteiger partial charge in [0.2, 0.25) is 0 Å². The maximum atomic E-state index is 13.4. The Morgan fingerprint density at radius 2 is 1.78 bits per heavy atom. The number of rotatable bonds is 6. The van der Waals surface area contributed by atoms with Gasteiger partial charge in [-0.15, -0.1) is 24.5 Å². The zero-order valence-corrected chi connectivity index (χ0v) is 20.3. The number of hydrogen-bond donors (Lipinski definition) is 2. The van der Waals surface area contributed by atoms with Crippen molar-refractivity contribution < 1.29 is 31.5 Å². The fraction of sp³-hybridized carbons (Fsp3) is 0.160. The first-order valence-corrected chi connectivity index (χ1v) is 12.8. The molecule has 0 aliphatic heterocycles. The molecule has 4 aromatic rings. The normalized spacial score (nSPS) is 12.8. The van der Waals surface area contributed by atoms with Crippen molar-refractivity contribution in [3.63, 3.8) is 0 Å². The minimum atomic E-state index is -4.72. The van der Waals surface area contributed by atoms with Crippen LogP contribution >= 0.6 is 11.3 Å². The molecule has 0 fully saturated rings. The van der Waals surface area contributed by atoms with E-state index in [1.165, 1.54) is 36.4 Å². The monoisotopic (exact) mass is 532 g/mol. The summed E-state index contributed by atoms with van der Waals surface area (Å²) in [4.78, 5) is 12.3. The van der Waals surface area contributed by atoms with Crippen molar-refractivity contribution in [2.45, 2.75) is 29.9 Å². The first-order valence-electron chi connectivity index (χ1n) is 10.5. The number of aryl methyl sites for hydroxylation is 1. The molecule has 0 bridgehead atoms. The van der Waals surface area contributed by atoms with E-state index in [1.807, 2.05) is 31.2 Å². The molecule has 0 unspecified atom stereocenters. The van der Waals surface area contributed by atoms with Crippen molar-refractivity contribution >= 4 is 38.2 Å². The summed E-state index contributed by atoms with van der Waals surface area (Å²) in [6.07, 6.45) is -4.41. The van der Waals surface area contributed by atoms with Crippen molar-refractivity contribution in [2.24, 2.45) is 0 Å². The van der Waals surface area contributed by atoms with Gasteiger partial charge < -0.3 is 5.11 Å². The van der Waals surface area contributed by atoms with E-state index in [-0.39, 0.29) is 25.2 Å². The first kappa shape index (κ1) is 25.5. The number of nitrogens with one attached hydrogen (secondary N) is 1. The number of para-hydroxylation sites is 1. The molecule has 2 aromatic carbocycles. The number of hydrogen-bond acceptors (Lipinski definition) is 4. The van der Waals surface area contributed by atoms with Crippen LogP contribution < -0.4 is 4.72 Å². The molecule has 4 rings (SSSR count). The molecule has 0 aliphatic rings. The molecule has 0 spiro atoms. The van der Waals surface area contributed by atoms with E-state index in [0.717, 1.165) is 28.7 Å². The fourth-order valence-corrected chi connectivity index (χ4v) is 5.94. The molecule has 2 heterocycles. The van der Waals surface area contributed by atoms with Gasteiger partial charge in [-0.1, -0.05) is 47.7 Å². The third-order valence-corrected chi connectivity index (χ3v) is 8.28. The van der Waals surface area contributed by atoms with Crippen LogP contribution in [0.5, 0.6) is 0 Å². The lowest BCUT2D eigenvalue weighted by atomic mass is 10.1. The number of alkyl halides is 3. The maximum Gasteiger partial charge on any atom is 0.488 e. The van der Waals surface area contributed by atoms with E-state index in [4.69, 9.17) is 0 Å². The zero-order valence-electron chi connectivity index (χ0n) is 18.7. The molecule has 0 aliphatic carbocycles. The number of benzene rings is 2. The Kier molecular flexibility index (Phi) is 6.95. The molecule has 0 saturated heterocycles. The number of sulfonamides is 1. The lowest BCUT2D eigenvalue weighted by Gasteiger charge is -2.14. The SMILES string of the molecule is Cc1ccc(C#Cc2ccc(S(=O)(=O)N[C@H](Cc3cn(C(F)(F)F)c4ccccc34)C(=O)O)s2)cc1. The quantitative estimate of drug-likeness (QED) is 0.347. The van der Waals surface area contributed by atoms with Crippen molar-refractivity contribution in [1.82, 2.24) is 9.29 Å². The molecule has 0 radical (unpaired) electrons. The van der Waals surface area contributed by atoms with Crippen LogP contribution in [-0.4, -0.2) is 30.1 Å². The minimum absolute atomic E-state index is 0.0499. The van der Waals surface area contributed by atoms with Crippen molar-refractivity contribution in [1.29, 1.82) is 0 Å². The molecule has 36 heavy (non-hydrogen) atoms. The summed E-state index contributed by atoms with van der Waals surface area (Å²) in [7, 11) is -4.28. The summed E-state index contributed by atoms with van der Waals surface area (Å²) in [6, 6.07) is 14.2. The van der Waals surface area contributed by atoms with Crippen molar-refractivity contribution in [3.8, 4) is 11.8 Å². The number of carbonyl (C=O) groups is 1. The number of aliphatic carboxylic acids is 1. The highest BCUT2D eigenvalue weighted by molar-refractivity contribution is 7.91. The molecule has 6 nitrogen and oxygen atoms in total. The standard InChI is InChI=1S/C25H19F3N2O4S2/c1-16-6-8-17(9-7-16)10-11-19-12-13-23(35-19)36(33,34)29-21(24(31)32)14-18-15-30(25(26,27)28)22-5-3-2-4-20(18)22/h2-9,12-13,15,21,29H,14H2,1H3,(H,31,32)/t21-/m1/s1. The average molecular weight is 533 g/mol. The second kappa shape index (κ2) is 9.81. The van der Waals surface area contributed by atoms with E-state index in [0.29, 0.717) is 4.88 Å². The molecule has 0 saturated carbocycles. The van der Waals surface area contributed by atoms with E-state index in [1.54, 1.807) is 0 Å². The Morgan fingerprint density at radius 1 is 1.08 bits per heavy atom. The van der Waals surface area contributed by atoms with Gasteiger partial charge in [0.25, 0.3) is 10.0 Å². The van der Waals surface area contributed by atoms with E-state index in [9.17, 15) is 31.5 Å². The highest BCUT2D eigenvalue weighted by atomic mass is 32.2. The summed E-state index contributed by atoms with van der Waals surface area (Å²) < 4.78 is 68.1. The molecule has 11 heteroatoms.